The van der Waals surface area contributed by atoms with Gasteiger partial charge < -0.3 is 35.0 Å². The monoisotopic (exact) mass is 903 g/mol. The van der Waals surface area contributed by atoms with Crippen LogP contribution in [0.1, 0.15) is 38.8 Å². The molecule has 0 radical (unpaired) electrons. The van der Waals surface area contributed by atoms with E-state index in [4.69, 9.17) is 34.7 Å². The van der Waals surface area contributed by atoms with Crippen molar-refractivity contribution in [3.8, 4) is 11.5 Å². The lowest BCUT2D eigenvalue weighted by Gasteiger charge is -2.25. The molecule has 0 aliphatic rings. The number of hydrogen-bond donors (Lipinski definition) is 3. The van der Waals surface area contributed by atoms with E-state index in [2.05, 4.69) is 77.9 Å². The van der Waals surface area contributed by atoms with Crippen molar-refractivity contribution < 1.29 is 14.6 Å². The van der Waals surface area contributed by atoms with Crippen molar-refractivity contribution >= 4 is 134 Å². The van der Waals surface area contributed by atoms with Gasteiger partial charge >= 0.3 is 0 Å². The molecule has 0 fully saturated rings. The third-order valence-corrected chi connectivity index (χ3v) is 14.0. The summed E-state index contributed by atoms with van der Waals surface area (Å²) >= 11 is 7.10. The van der Waals surface area contributed by atoms with E-state index in [0.29, 0.717) is 45.2 Å². The largest absolute Gasteiger partial charge is 0.494 e. The number of thioether (sulfide) groups is 1. The molecule has 0 bridgehead atoms. The van der Waals surface area contributed by atoms with Crippen LogP contribution in [0, 0.1) is 13.8 Å². The maximum atomic E-state index is 9.77. The highest BCUT2D eigenvalue weighted by Gasteiger charge is 2.20. The van der Waals surface area contributed by atoms with Crippen molar-refractivity contribution in [3.63, 3.8) is 0 Å². The summed E-state index contributed by atoms with van der Waals surface area (Å²) in [4.78, 5) is 20.7. The van der Waals surface area contributed by atoms with Crippen LogP contribution in [-0.2, 0) is 0 Å². The van der Waals surface area contributed by atoms with Gasteiger partial charge in [0.15, 0.2) is 15.2 Å². The molecule has 0 unspecified atom stereocenters. The number of aliphatic hydroxyl groups is 1. The molecular formula is C39H45N13O3S5. The molecule has 0 aliphatic heterocycles. The fourth-order valence-electron chi connectivity index (χ4n) is 6.45. The highest BCUT2D eigenvalue weighted by molar-refractivity contribution is 7.99. The van der Waals surface area contributed by atoms with Gasteiger partial charge in [-0.25, -0.2) is 0 Å². The number of nitrogens with one attached hydrogen (secondary N) is 2. The summed E-state index contributed by atoms with van der Waals surface area (Å²) in [6.07, 6.45) is 0. The Morgan fingerprint density at radius 3 is 1.52 bits per heavy atom. The lowest BCUT2D eigenvalue weighted by molar-refractivity contribution is 0.322. The number of hydrogen-bond acceptors (Lipinski definition) is 21. The number of rotatable bonds is 19. The minimum atomic E-state index is -0.0583. The van der Waals surface area contributed by atoms with Crippen LogP contribution in [0.25, 0.3) is 20.4 Å². The van der Waals surface area contributed by atoms with Crippen LogP contribution in [-0.4, -0.2) is 81.6 Å². The van der Waals surface area contributed by atoms with Gasteiger partial charge in [0.05, 0.1) is 54.3 Å². The Balaban J connectivity index is 1.32. The Morgan fingerprint density at radius 1 is 0.667 bits per heavy atom. The zero-order chi connectivity index (χ0) is 42.3. The van der Waals surface area contributed by atoms with Crippen molar-refractivity contribution in [3.05, 3.63) is 46.2 Å². The van der Waals surface area contributed by atoms with E-state index in [1.54, 1.807) is 36.9 Å². The van der Waals surface area contributed by atoms with E-state index in [9.17, 15) is 5.11 Å². The van der Waals surface area contributed by atoms with E-state index in [1.165, 1.54) is 34.8 Å². The van der Waals surface area contributed by atoms with Crippen LogP contribution in [0.3, 0.4) is 0 Å². The van der Waals surface area contributed by atoms with Gasteiger partial charge in [0.25, 0.3) is 0 Å². The SMILES string of the molecule is CCN(CC)c1cc(Nc2nc(Nc3cc(N(CC)CC)c(OC)cc3N=Nc3snc4scc(C)c34)nc(SCCO)n2)c(N=Nc2snc3scc(C)c23)cc1OC. The highest BCUT2D eigenvalue weighted by Crippen LogP contribution is 2.45. The number of methoxy groups -OCH3 is 2. The lowest BCUT2D eigenvalue weighted by Crippen LogP contribution is -2.22. The molecule has 5 aromatic heterocycles. The van der Waals surface area contributed by atoms with Crippen LogP contribution >= 0.6 is 57.5 Å². The quantitative estimate of drug-likeness (QED) is 0.0515. The molecule has 7 rings (SSSR count). The smallest absolute Gasteiger partial charge is 0.233 e. The Morgan fingerprint density at radius 2 is 1.12 bits per heavy atom. The number of azo groups is 2. The summed E-state index contributed by atoms with van der Waals surface area (Å²) in [5.74, 6) is 2.16. The van der Waals surface area contributed by atoms with E-state index in [0.717, 1.165) is 79.1 Å². The Labute approximate surface area is 368 Å². The first-order valence-corrected chi connectivity index (χ1v) is 23.5. The molecule has 5 heterocycles. The van der Waals surface area contributed by atoms with Crippen LogP contribution < -0.4 is 29.9 Å². The molecule has 0 spiro atoms. The van der Waals surface area contributed by atoms with Crippen molar-refractivity contribution in [2.24, 2.45) is 20.5 Å². The highest BCUT2D eigenvalue weighted by atomic mass is 32.2. The zero-order valence-electron chi connectivity index (χ0n) is 34.4. The van der Waals surface area contributed by atoms with Crippen LogP contribution in [0.2, 0.25) is 0 Å². The number of anilines is 6. The molecule has 0 saturated heterocycles. The maximum Gasteiger partial charge on any atom is 0.233 e. The first kappa shape index (κ1) is 43.0. The molecule has 16 nitrogen and oxygen atoms in total. The van der Waals surface area contributed by atoms with Gasteiger partial charge in [-0.05, 0) is 98.6 Å². The number of ether oxygens (including phenoxy) is 2. The standard InChI is InChI=1S/C39H45N13O3S5/c1-9-51(10-2)27-15-23(25(17-29(27)54-7)45-47-33-31-21(5)19-57-35(31)49-59-33)40-37-42-38(44-39(43-37)56-14-13-53)41-24-16-28(52(11-3)12-4)30(55-8)18-26(24)46-48-34-32-22(6)20-58-36(32)50-60-34/h15-20,53H,9-14H2,1-8H3,(H2,40,41,42,43,44). The summed E-state index contributed by atoms with van der Waals surface area (Å²) in [5, 5.41) is 43.5. The molecule has 314 valence electrons. The fourth-order valence-corrected chi connectivity index (χ4v) is 10.7. The van der Waals surface area contributed by atoms with Crippen LogP contribution in [0.15, 0.2) is 60.6 Å². The molecule has 21 heteroatoms. The lowest BCUT2D eigenvalue weighted by atomic mass is 10.2. The van der Waals surface area contributed by atoms with Gasteiger partial charge in [0, 0.05) is 44.1 Å². The van der Waals surface area contributed by atoms with E-state index >= 15 is 0 Å². The normalized spacial score (nSPS) is 11.8. The number of aromatic nitrogens is 5. The molecule has 0 atom stereocenters. The van der Waals surface area contributed by atoms with Gasteiger partial charge in [0.2, 0.25) is 11.9 Å². The van der Waals surface area contributed by atoms with Gasteiger partial charge in [-0.15, -0.1) is 43.1 Å². The number of aliphatic hydroxyl groups excluding tert-OH is 1. The average molecular weight is 904 g/mol. The summed E-state index contributed by atoms with van der Waals surface area (Å²) < 4.78 is 20.9. The predicted molar refractivity (Wildman–Crippen MR) is 250 cm³/mol. The van der Waals surface area contributed by atoms with E-state index in [1.807, 2.05) is 38.1 Å². The van der Waals surface area contributed by atoms with Crippen molar-refractivity contribution in [1.82, 2.24) is 23.7 Å². The second-order valence-corrected chi connectivity index (χ2v) is 17.4. The number of benzene rings is 2. The first-order valence-electron chi connectivity index (χ1n) is 19.2. The predicted octanol–water partition coefficient (Wildman–Crippen LogP) is 11.9. The molecule has 2 aromatic carbocycles. The minimum absolute atomic E-state index is 0.0583. The summed E-state index contributed by atoms with van der Waals surface area (Å²) in [7, 11) is 3.29. The molecule has 7 aromatic rings. The molecule has 60 heavy (non-hydrogen) atoms. The molecule has 0 saturated carbocycles. The number of aryl methyl sites for hydroxylation is 2. The van der Waals surface area contributed by atoms with Crippen LogP contribution in [0.4, 0.5) is 56.0 Å². The number of fused-ring (bicyclic) bond motifs is 2. The Bertz CT molecular complexity index is 2470. The Kier molecular flexibility index (Phi) is 14.0. The molecular weight excluding hydrogens is 859 g/mol. The maximum absolute atomic E-state index is 9.77. The summed E-state index contributed by atoms with van der Waals surface area (Å²) in [6, 6.07) is 7.66. The second kappa shape index (κ2) is 19.5. The van der Waals surface area contributed by atoms with E-state index < -0.39 is 0 Å². The summed E-state index contributed by atoms with van der Waals surface area (Å²) in [5.41, 5.74) is 6.17. The van der Waals surface area contributed by atoms with Crippen molar-refractivity contribution in [2.45, 2.75) is 46.7 Å². The van der Waals surface area contributed by atoms with Gasteiger partial charge in [-0.2, -0.15) is 23.7 Å². The topological polar surface area (TPSA) is 183 Å². The molecule has 0 aliphatic carbocycles. The van der Waals surface area contributed by atoms with Crippen molar-refractivity contribution in [2.75, 3.05) is 73.2 Å². The van der Waals surface area contributed by atoms with Crippen LogP contribution in [0.5, 0.6) is 11.5 Å². The van der Waals surface area contributed by atoms with Gasteiger partial charge in [-0.3, -0.25) is 0 Å². The zero-order valence-corrected chi connectivity index (χ0v) is 38.5. The summed E-state index contributed by atoms with van der Waals surface area (Å²) in [6.45, 7) is 15.4. The molecule has 0 amide bonds. The average Bonchev–Trinajstić information content (AvgIpc) is 4.05. The van der Waals surface area contributed by atoms with E-state index in [-0.39, 0.29) is 18.5 Å². The number of thiophene rings is 2. The Hall–Kier alpha value is -5.06. The van der Waals surface area contributed by atoms with Crippen molar-refractivity contribution in [1.29, 1.82) is 0 Å². The fraction of sp³-hybridized carbons (Fsp3) is 0.359. The van der Waals surface area contributed by atoms with Gasteiger partial charge in [0.1, 0.15) is 32.5 Å². The molecule has 3 N–H and O–H groups in total. The second-order valence-electron chi connectivity index (χ2n) is 13.1. The first-order chi connectivity index (χ1) is 29.2. The third-order valence-electron chi connectivity index (χ3n) is 9.50. The minimum Gasteiger partial charge on any atom is -0.494 e. The third kappa shape index (κ3) is 9.15. The number of nitrogens with zero attached hydrogens (tertiary/aromatic N) is 11. The van der Waals surface area contributed by atoms with Gasteiger partial charge in [-0.1, -0.05) is 11.8 Å².